The number of rotatable bonds is 3. The van der Waals surface area contributed by atoms with Crippen LogP contribution in [0.1, 0.15) is 33.1 Å². The summed E-state index contributed by atoms with van der Waals surface area (Å²) in [6, 6.07) is -0.0635. The van der Waals surface area contributed by atoms with E-state index in [-0.39, 0.29) is 6.04 Å². The molecule has 2 saturated heterocycles. The fraction of sp³-hybridized carbons (Fsp3) is 1.00. The van der Waals surface area contributed by atoms with Gasteiger partial charge in [0.2, 0.25) is 0 Å². The Kier molecular flexibility index (Phi) is 4.78. The molecule has 2 rings (SSSR count). The van der Waals surface area contributed by atoms with Gasteiger partial charge in [-0.1, -0.05) is 6.42 Å². The summed E-state index contributed by atoms with van der Waals surface area (Å²) in [5, 5.41) is 0. The van der Waals surface area contributed by atoms with Crippen LogP contribution in [-0.4, -0.2) is 60.8 Å². The van der Waals surface area contributed by atoms with Crippen molar-refractivity contribution in [3.63, 3.8) is 0 Å². The Balaban J connectivity index is 2.16. The quantitative estimate of drug-likeness (QED) is 0.741. The molecule has 2 heterocycles. The van der Waals surface area contributed by atoms with Gasteiger partial charge in [0.25, 0.3) is 10.2 Å². The minimum atomic E-state index is -3.42. The normalized spacial score (nSPS) is 30.4. The Morgan fingerprint density at radius 3 is 2.68 bits per heavy atom. The number of ether oxygens (including phenoxy) is 1. The first-order valence-electron chi connectivity index (χ1n) is 6.84. The van der Waals surface area contributed by atoms with Crippen LogP contribution in [0.2, 0.25) is 0 Å². The zero-order chi connectivity index (χ0) is 14.1. The molecular weight excluding hydrogens is 288 g/mol. The van der Waals surface area contributed by atoms with Crippen LogP contribution >= 0.6 is 11.6 Å². The summed E-state index contributed by atoms with van der Waals surface area (Å²) < 4.78 is 34.2. The Morgan fingerprint density at radius 1 is 1.32 bits per heavy atom. The summed E-state index contributed by atoms with van der Waals surface area (Å²) in [7, 11) is -3.42. The predicted molar refractivity (Wildman–Crippen MR) is 75.6 cm³/mol. The minimum absolute atomic E-state index is 0.0635. The van der Waals surface area contributed by atoms with E-state index >= 15 is 0 Å². The minimum Gasteiger partial charge on any atom is -0.373 e. The Bertz CT molecular complexity index is 413. The lowest BCUT2D eigenvalue weighted by atomic mass is 10.1. The first-order chi connectivity index (χ1) is 8.87. The van der Waals surface area contributed by atoms with E-state index in [0.717, 1.165) is 19.3 Å². The molecule has 0 saturated carbocycles. The third-order valence-corrected chi connectivity index (χ3v) is 6.16. The first kappa shape index (κ1) is 15.5. The maximum Gasteiger partial charge on any atom is 0.282 e. The number of nitrogens with zero attached hydrogens (tertiary/aromatic N) is 2. The van der Waals surface area contributed by atoms with Gasteiger partial charge in [0.15, 0.2) is 0 Å². The second kappa shape index (κ2) is 5.85. The van der Waals surface area contributed by atoms with E-state index in [1.54, 1.807) is 8.61 Å². The van der Waals surface area contributed by atoms with Crippen LogP contribution in [0.3, 0.4) is 0 Å². The molecule has 2 fully saturated rings. The van der Waals surface area contributed by atoms with Crippen molar-refractivity contribution in [2.75, 3.05) is 32.1 Å². The monoisotopic (exact) mass is 310 g/mol. The summed E-state index contributed by atoms with van der Waals surface area (Å²) in [6.07, 6.45) is 2.83. The SMILES string of the molecule is CC1(C)CN(S(=O)(=O)N2CCCCC2CCl)CCO1. The van der Waals surface area contributed by atoms with Gasteiger partial charge in [-0.2, -0.15) is 17.0 Å². The molecule has 112 valence electrons. The van der Waals surface area contributed by atoms with Crippen LogP contribution in [0.25, 0.3) is 0 Å². The lowest BCUT2D eigenvalue weighted by Gasteiger charge is -2.42. The molecule has 0 aliphatic carbocycles. The van der Waals surface area contributed by atoms with Crippen molar-refractivity contribution in [1.82, 2.24) is 8.61 Å². The molecule has 0 N–H and O–H groups in total. The summed E-state index contributed by atoms with van der Waals surface area (Å²) in [5.41, 5.74) is -0.419. The molecule has 0 amide bonds. The second-order valence-electron chi connectivity index (χ2n) is 5.86. The van der Waals surface area contributed by atoms with Crippen LogP contribution in [0, 0.1) is 0 Å². The molecule has 1 atom stereocenters. The van der Waals surface area contributed by atoms with Crippen molar-refractivity contribution in [2.24, 2.45) is 0 Å². The molecule has 19 heavy (non-hydrogen) atoms. The lowest BCUT2D eigenvalue weighted by molar-refractivity contribution is -0.0656. The highest BCUT2D eigenvalue weighted by Crippen LogP contribution is 2.26. The summed E-state index contributed by atoms with van der Waals surface area (Å²) in [5.74, 6) is 0.368. The topological polar surface area (TPSA) is 49.9 Å². The smallest absolute Gasteiger partial charge is 0.282 e. The molecule has 0 aromatic heterocycles. The highest BCUT2D eigenvalue weighted by atomic mass is 35.5. The zero-order valence-corrected chi connectivity index (χ0v) is 13.2. The second-order valence-corrected chi connectivity index (χ2v) is 8.05. The molecule has 0 radical (unpaired) electrons. The highest BCUT2D eigenvalue weighted by Gasteiger charge is 2.40. The van der Waals surface area contributed by atoms with Crippen molar-refractivity contribution >= 4 is 21.8 Å². The molecule has 7 heteroatoms. The number of piperidine rings is 1. The van der Waals surface area contributed by atoms with Crippen LogP contribution < -0.4 is 0 Å². The van der Waals surface area contributed by atoms with Gasteiger partial charge in [-0.15, -0.1) is 11.6 Å². The standard InChI is InChI=1S/C12H23ClN2O3S/c1-12(2)10-14(7-8-18-12)19(16,17)15-6-4-3-5-11(15)9-13/h11H,3-10H2,1-2H3. The van der Waals surface area contributed by atoms with Crippen molar-refractivity contribution in [3.05, 3.63) is 0 Å². The van der Waals surface area contributed by atoms with Crippen LogP contribution in [0.4, 0.5) is 0 Å². The molecule has 0 bridgehead atoms. The van der Waals surface area contributed by atoms with E-state index in [2.05, 4.69) is 0 Å². The third kappa shape index (κ3) is 3.42. The van der Waals surface area contributed by atoms with Crippen LogP contribution in [-0.2, 0) is 14.9 Å². The van der Waals surface area contributed by atoms with Crippen LogP contribution in [0.5, 0.6) is 0 Å². The number of morpholine rings is 1. The van der Waals surface area contributed by atoms with Crippen molar-refractivity contribution < 1.29 is 13.2 Å². The number of hydrogen-bond acceptors (Lipinski definition) is 3. The molecule has 5 nitrogen and oxygen atoms in total. The molecule has 0 aromatic rings. The molecular formula is C12H23ClN2O3S. The van der Waals surface area contributed by atoms with Crippen LogP contribution in [0.15, 0.2) is 0 Å². The van der Waals surface area contributed by atoms with Gasteiger partial charge in [-0.3, -0.25) is 0 Å². The first-order valence-corrected chi connectivity index (χ1v) is 8.77. The average molecular weight is 311 g/mol. The van der Waals surface area contributed by atoms with E-state index in [4.69, 9.17) is 16.3 Å². The zero-order valence-electron chi connectivity index (χ0n) is 11.6. The fourth-order valence-electron chi connectivity index (χ4n) is 2.75. The lowest BCUT2D eigenvalue weighted by Crippen LogP contribution is -2.57. The van der Waals surface area contributed by atoms with Gasteiger partial charge in [0.05, 0.1) is 12.2 Å². The maximum absolute atomic E-state index is 12.7. The van der Waals surface area contributed by atoms with Crippen molar-refractivity contribution in [2.45, 2.75) is 44.8 Å². The van der Waals surface area contributed by atoms with Gasteiger partial charge >= 0.3 is 0 Å². The van der Waals surface area contributed by atoms with Gasteiger partial charge in [0.1, 0.15) is 0 Å². The van der Waals surface area contributed by atoms with E-state index in [1.807, 2.05) is 13.8 Å². The molecule has 0 aromatic carbocycles. The molecule has 0 spiro atoms. The van der Waals surface area contributed by atoms with E-state index in [0.29, 0.717) is 32.1 Å². The number of hydrogen-bond donors (Lipinski definition) is 0. The summed E-state index contributed by atoms with van der Waals surface area (Å²) in [6.45, 7) is 5.70. The van der Waals surface area contributed by atoms with E-state index in [9.17, 15) is 8.42 Å². The Morgan fingerprint density at radius 2 is 2.05 bits per heavy atom. The Labute approximate surface area is 121 Å². The van der Waals surface area contributed by atoms with Crippen molar-refractivity contribution in [1.29, 1.82) is 0 Å². The third-order valence-electron chi connectivity index (χ3n) is 3.76. The Hall–Kier alpha value is 0.120. The summed E-state index contributed by atoms with van der Waals surface area (Å²) >= 11 is 5.93. The number of alkyl halides is 1. The van der Waals surface area contributed by atoms with E-state index < -0.39 is 15.8 Å². The fourth-order valence-corrected chi connectivity index (χ4v) is 5.15. The van der Waals surface area contributed by atoms with Gasteiger partial charge in [-0.25, -0.2) is 0 Å². The summed E-state index contributed by atoms with van der Waals surface area (Å²) in [4.78, 5) is 0. The number of halogens is 1. The molecule has 2 aliphatic heterocycles. The molecule has 2 aliphatic rings. The maximum atomic E-state index is 12.7. The largest absolute Gasteiger partial charge is 0.373 e. The molecule has 1 unspecified atom stereocenters. The van der Waals surface area contributed by atoms with Gasteiger partial charge in [0, 0.05) is 31.6 Å². The highest BCUT2D eigenvalue weighted by molar-refractivity contribution is 7.86. The van der Waals surface area contributed by atoms with E-state index in [1.165, 1.54) is 0 Å². The predicted octanol–water partition coefficient (Wildman–Crippen LogP) is 1.44. The average Bonchev–Trinajstić information content (AvgIpc) is 2.37. The van der Waals surface area contributed by atoms with Gasteiger partial charge < -0.3 is 4.74 Å². The van der Waals surface area contributed by atoms with Gasteiger partial charge in [-0.05, 0) is 26.7 Å². The van der Waals surface area contributed by atoms with Crippen molar-refractivity contribution in [3.8, 4) is 0 Å².